The molecule has 0 radical (unpaired) electrons. The molecule has 24 heavy (non-hydrogen) atoms. The molecule has 1 amide bonds. The molecule has 1 saturated carbocycles. The predicted molar refractivity (Wildman–Crippen MR) is 98.6 cm³/mol. The topological polar surface area (TPSA) is 61.4 Å². The van der Waals surface area contributed by atoms with E-state index in [1.165, 1.54) is 17.5 Å². The Labute approximate surface area is 150 Å². The first-order valence-electron chi connectivity index (χ1n) is 8.87. The van der Waals surface area contributed by atoms with E-state index in [2.05, 4.69) is 29.7 Å². The van der Waals surface area contributed by atoms with Gasteiger partial charge in [-0.3, -0.25) is 4.79 Å². The van der Waals surface area contributed by atoms with Crippen molar-refractivity contribution in [1.82, 2.24) is 10.6 Å². The number of halogens is 1. The molecule has 1 aromatic carbocycles. The van der Waals surface area contributed by atoms with Gasteiger partial charge in [0.1, 0.15) is 0 Å². The van der Waals surface area contributed by atoms with Crippen molar-refractivity contribution >= 4 is 18.3 Å². The first-order valence-corrected chi connectivity index (χ1v) is 8.87. The summed E-state index contributed by atoms with van der Waals surface area (Å²) in [5, 5.41) is 16.3. The first-order chi connectivity index (χ1) is 11.1. The van der Waals surface area contributed by atoms with Gasteiger partial charge in [0.15, 0.2) is 0 Å². The maximum Gasteiger partial charge on any atom is 0.230 e. The zero-order valence-corrected chi connectivity index (χ0v) is 15.2. The summed E-state index contributed by atoms with van der Waals surface area (Å²) >= 11 is 0. The van der Waals surface area contributed by atoms with Gasteiger partial charge in [0.25, 0.3) is 0 Å². The summed E-state index contributed by atoms with van der Waals surface area (Å²) in [5.74, 6) is 0.266. The summed E-state index contributed by atoms with van der Waals surface area (Å²) < 4.78 is 0. The smallest absolute Gasteiger partial charge is 0.230 e. The quantitative estimate of drug-likeness (QED) is 0.779. The van der Waals surface area contributed by atoms with Crippen LogP contribution < -0.4 is 10.6 Å². The van der Waals surface area contributed by atoms with E-state index in [-0.39, 0.29) is 35.8 Å². The highest BCUT2D eigenvalue weighted by Gasteiger charge is 2.42. The third kappa shape index (κ3) is 3.76. The number of hydrogen-bond acceptors (Lipinski definition) is 3. The second kappa shape index (κ2) is 8.32. The molecule has 3 N–H and O–H groups in total. The van der Waals surface area contributed by atoms with E-state index in [1.54, 1.807) is 0 Å². The monoisotopic (exact) mass is 352 g/mol. The molecule has 1 heterocycles. The molecule has 1 aliphatic carbocycles. The molecule has 134 valence electrons. The van der Waals surface area contributed by atoms with Gasteiger partial charge in [0.2, 0.25) is 5.91 Å². The Hall–Kier alpha value is -1.10. The van der Waals surface area contributed by atoms with Crippen LogP contribution in [0, 0.1) is 12.8 Å². The Morgan fingerprint density at radius 1 is 1.25 bits per heavy atom. The van der Waals surface area contributed by atoms with Crippen LogP contribution in [-0.2, 0) is 10.2 Å². The van der Waals surface area contributed by atoms with Gasteiger partial charge in [-0.05, 0) is 30.9 Å². The summed E-state index contributed by atoms with van der Waals surface area (Å²) in [4.78, 5) is 13.1. The van der Waals surface area contributed by atoms with E-state index in [4.69, 9.17) is 0 Å². The van der Waals surface area contributed by atoms with Gasteiger partial charge in [-0.25, -0.2) is 0 Å². The van der Waals surface area contributed by atoms with Crippen molar-refractivity contribution in [2.45, 2.75) is 50.5 Å². The Morgan fingerprint density at radius 3 is 2.58 bits per heavy atom. The Kier molecular flexibility index (Phi) is 6.67. The number of β-amino-alcohol motifs (C(OH)–C–C–N with tert-alkyl or cyclic N) is 1. The molecule has 4 nitrogen and oxygen atoms in total. The SMILES string of the molecule is Cc1ccccc1C1(C(=O)NCC2CNCC2O)CCCCC1.Cl. The molecule has 2 unspecified atom stereocenters. The van der Waals surface area contributed by atoms with Crippen LogP contribution in [0.2, 0.25) is 0 Å². The second-order valence-corrected chi connectivity index (χ2v) is 7.15. The Morgan fingerprint density at radius 2 is 1.96 bits per heavy atom. The second-order valence-electron chi connectivity index (χ2n) is 7.15. The van der Waals surface area contributed by atoms with E-state index in [1.807, 2.05) is 12.1 Å². The van der Waals surface area contributed by atoms with Crippen molar-refractivity contribution in [3.05, 3.63) is 35.4 Å². The van der Waals surface area contributed by atoms with Gasteiger partial charge in [0, 0.05) is 25.6 Å². The average Bonchev–Trinajstić information content (AvgIpc) is 2.99. The van der Waals surface area contributed by atoms with E-state index < -0.39 is 0 Å². The fourth-order valence-corrected chi connectivity index (χ4v) is 4.20. The summed E-state index contributed by atoms with van der Waals surface area (Å²) in [6, 6.07) is 8.29. The summed E-state index contributed by atoms with van der Waals surface area (Å²) in [6.45, 7) is 4.06. The maximum absolute atomic E-state index is 13.1. The normalized spacial score (nSPS) is 25.8. The molecule has 0 bridgehead atoms. The molecular formula is C19H29ClN2O2. The molecule has 2 atom stereocenters. The van der Waals surface area contributed by atoms with Crippen LogP contribution in [0.1, 0.15) is 43.2 Å². The standard InChI is InChI=1S/C19H28N2O2.ClH/c1-14-7-3-4-8-16(14)19(9-5-2-6-10-19)18(23)21-12-15-11-20-13-17(15)22;/h3-4,7-8,15,17,20,22H,2,5-6,9-13H2,1H3,(H,21,23);1H. The van der Waals surface area contributed by atoms with E-state index in [0.717, 1.165) is 32.2 Å². The van der Waals surface area contributed by atoms with Crippen molar-refractivity contribution in [3.63, 3.8) is 0 Å². The molecule has 5 heteroatoms. The van der Waals surface area contributed by atoms with Crippen LogP contribution in [0.3, 0.4) is 0 Å². The zero-order valence-electron chi connectivity index (χ0n) is 14.4. The van der Waals surface area contributed by atoms with Crippen molar-refractivity contribution in [1.29, 1.82) is 0 Å². The minimum absolute atomic E-state index is 0. The molecule has 2 fully saturated rings. The van der Waals surface area contributed by atoms with Crippen LogP contribution in [-0.4, -0.2) is 36.8 Å². The van der Waals surface area contributed by atoms with E-state index in [0.29, 0.717) is 13.1 Å². The molecule has 2 aliphatic rings. The van der Waals surface area contributed by atoms with Crippen LogP contribution in [0.25, 0.3) is 0 Å². The summed E-state index contributed by atoms with van der Waals surface area (Å²) in [5.41, 5.74) is 2.00. The lowest BCUT2D eigenvalue weighted by Gasteiger charge is -2.37. The number of benzene rings is 1. The fraction of sp³-hybridized carbons (Fsp3) is 0.632. The van der Waals surface area contributed by atoms with Gasteiger partial charge >= 0.3 is 0 Å². The minimum Gasteiger partial charge on any atom is -0.391 e. The van der Waals surface area contributed by atoms with Crippen LogP contribution >= 0.6 is 12.4 Å². The number of aryl methyl sites for hydroxylation is 1. The van der Waals surface area contributed by atoms with Crippen molar-refractivity contribution < 1.29 is 9.90 Å². The van der Waals surface area contributed by atoms with Gasteiger partial charge in [-0.2, -0.15) is 0 Å². The minimum atomic E-state index is -0.388. The number of aliphatic hydroxyl groups is 1. The number of aliphatic hydroxyl groups excluding tert-OH is 1. The van der Waals surface area contributed by atoms with Gasteiger partial charge < -0.3 is 15.7 Å². The highest BCUT2D eigenvalue weighted by Crippen LogP contribution is 2.41. The molecule has 0 aromatic heterocycles. The van der Waals surface area contributed by atoms with Crippen molar-refractivity contribution in [3.8, 4) is 0 Å². The van der Waals surface area contributed by atoms with Gasteiger partial charge in [-0.1, -0.05) is 43.5 Å². The number of carbonyl (C=O) groups is 1. The van der Waals surface area contributed by atoms with Crippen LogP contribution in [0.4, 0.5) is 0 Å². The Balaban J connectivity index is 0.00000208. The average molecular weight is 353 g/mol. The van der Waals surface area contributed by atoms with E-state index >= 15 is 0 Å². The molecule has 0 spiro atoms. The van der Waals surface area contributed by atoms with Gasteiger partial charge in [0.05, 0.1) is 11.5 Å². The predicted octanol–water partition coefficient (Wildman–Crippen LogP) is 2.32. The Bertz CT molecular complexity index is 558. The molecule has 1 aromatic rings. The van der Waals surface area contributed by atoms with Gasteiger partial charge in [-0.15, -0.1) is 12.4 Å². The zero-order chi connectivity index (χ0) is 16.3. The van der Waals surface area contributed by atoms with Crippen LogP contribution in [0.5, 0.6) is 0 Å². The molecule has 1 aliphatic heterocycles. The maximum atomic E-state index is 13.1. The number of carbonyl (C=O) groups excluding carboxylic acids is 1. The number of amides is 1. The highest BCUT2D eigenvalue weighted by atomic mass is 35.5. The highest BCUT2D eigenvalue weighted by molar-refractivity contribution is 5.88. The first kappa shape index (κ1) is 19.2. The number of rotatable bonds is 4. The third-order valence-electron chi connectivity index (χ3n) is 5.63. The lowest BCUT2D eigenvalue weighted by molar-refractivity contribution is -0.128. The number of hydrogen-bond donors (Lipinski definition) is 3. The fourth-order valence-electron chi connectivity index (χ4n) is 4.20. The number of nitrogens with one attached hydrogen (secondary N) is 2. The lowest BCUT2D eigenvalue weighted by atomic mass is 9.67. The third-order valence-corrected chi connectivity index (χ3v) is 5.63. The molecule has 3 rings (SSSR count). The largest absolute Gasteiger partial charge is 0.391 e. The van der Waals surface area contributed by atoms with E-state index in [9.17, 15) is 9.90 Å². The molecule has 1 saturated heterocycles. The van der Waals surface area contributed by atoms with Crippen molar-refractivity contribution in [2.24, 2.45) is 5.92 Å². The summed E-state index contributed by atoms with van der Waals surface area (Å²) in [7, 11) is 0. The lowest BCUT2D eigenvalue weighted by Crippen LogP contribution is -2.48. The van der Waals surface area contributed by atoms with Crippen molar-refractivity contribution in [2.75, 3.05) is 19.6 Å². The van der Waals surface area contributed by atoms with Crippen LogP contribution in [0.15, 0.2) is 24.3 Å². The molecular weight excluding hydrogens is 324 g/mol. The summed E-state index contributed by atoms with van der Waals surface area (Å²) in [6.07, 6.45) is 4.93.